The summed E-state index contributed by atoms with van der Waals surface area (Å²) < 4.78 is 0. The lowest BCUT2D eigenvalue weighted by molar-refractivity contribution is -0.384. The van der Waals surface area contributed by atoms with Gasteiger partial charge in [-0.2, -0.15) is 0 Å². The summed E-state index contributed by atoms with van der Waals surface area (Å²) in [6.07, 6.45) is 0.869. The predicted octanol–water partition coefficient (Wildman–Crippen LogP) is 2.11. The first-order chi connectivity index (χ1) is 9.08. The van der Waals surface area contributed by atoms with Crippen molar-refractivity contribution in [3.63, 3.8) is 0 Å². The summed E-state index contributed by atoms with van der Waals surface area (Å²) in [5, 5.41) is 14.2. The Morgan fingerprint density at radius 3 is 2.75 bits per heavy atom. The highest BCUT2D eigenvalue weighted by molar-refractivity contribution is 6.31. The second-order valence-electron chi connectivity index (χ2n) is 4.35. The normalized spacial score (nSPS) is 15.2. The third-order valence-corrected chi connectivity index (χ3v) is 3.19. The number of hydrogen-bond donors (Lipinski definition) is 1. The van der Waals surface area contributed by atoms with Gasteiger partial charge in [-0.3, -0.25) is 14.9 Å². The van der Waals surface area contributed by atoms with Gasteiger partial charge in [-0.05, 0) is 19.0 Å². The van der Waals surface area contributed by atoms with E-state index in [4.69, 9.17) is 11.6 Å². The largest absolute Gasteiger partial charge is 0.337 e. The van der Waals surface area contributed by atoms with Crippen molar-refractivity contribution in [2.75, 3.05) is 26.2 Å². The van der Waals surface area contributed by atoms with Gasteiger partial charge in [-0.25, -0.2) is 0 Å². The molecular weight excluding hydrogens is 305 g/mol. The number of nitro benzene ring substituents is 1. The number of rotatable bonds is 2. The molecule has 8 heteroatoms. The molecule has 2 rings (SSSR count). The average Bonchev–Trinajstić information content (AvgIpc) is 2.65. The van der Waals surface area contributed by atoms with E-state index in [9.17, 15) is 14.9 Å². The lowest BCUT2D eigenvalue weighted by atomic mass is 10.1. The SMILES string of the molecule is Cl.O=C(c1cc(Cl)cc([N+](=O)[O-])c1)N1CCCNCC1. The van der Waals surface area contributed by atoms with Gasteiger partial charge in [0.05, 0.1) is 4.92 Å². The Morgan fingerprint density at radius 1 is 1.30 bits per heavy atom. The van der Waals surface area contributed by atoms with Crippen LogP contribution in [0.25, 0.3) is 0 Å². The van der Waals surface area contributed by atoms with Gasteiger partial charge in [0.25, 0.3) is 11.6 Å². The van der Waals surface area contributed by atoms with Crippen molar-refractivity contribution in [2.24, 2.45) is 0 Å². The van der Waals surface area contributed by atoms with Gasteiger partial charge in [0.15, 0.2) is 0 Å². The Hall–Kier alpha value is -1.37. The van der Waals surface area contributed by atoms with E-state index in [2.05, 4.69) is 5.32 Å². The van der Waals surface area contributed by atoms with Gasteiger partial charge < -0.3 is 10.2 Å². The van der Waals surface area contributed by atoms with E-state index in [0.717, 1.165) is 19.5 Å². The molecule has 110 valence electrons. The van der Waals surface area contributed by atoms with Crippen LogP contribution in [0.2, 0.25) is 5.02 Å². The summed E-state index contributed by atoms with van der Waals surface area (Å²) >= 11 is 5.82. The second kappa shape index (κ2) is 7.42. The summed E-state index contributed by atoms with van der Waals surface area (Å²) in [5.74, 6) is -0.214. The molecule has 0 aromatic heterocycles. The molecule has 0 unspecified atom stereocenters. The van der Waals surface area contributed by atoms with E-state index in [-0.39, 0.29) is 34.6 Å². The molecule has 1 N–H and O–H groups in total. The molecule has 1 aliphatic heterocycles. The molecule has 0 bridgehead atoms. The maximum absolute atomic E-state index is 12.3. The lowest BCUT2D eigenvalue weighted by Gasteiger charge is -2.19. The van der Waals surface area contributed by atoms with Crippen LogP contribution >= 0.6 is 24.0 Å². The monoisotopic (exact) mass is 319 g/mol. The van der Waals surface area contributed by atoms with Gasteiger partial charge in [-0.15, -0.1) is 12.4 Å². The van der Waals surface area contributed by atoms with Crippen molar-refractivity contribution < 1.29 is 9.72 Å². The van der Waals surface area contributed by atoms with Gasteiger partial charge in [-0.1, -0.05) is 11.6 Å². The fourth-order valence-electron chi connectivity index (χ4n) is 2.03. The maximum atomic E-state index is 12.3. The minimum atomic E-state index is -0.549. The highest BCUT2D eigenvalue weighted by Crippen LogP contribution is 2.22. The lowest BCUT2D eigenvalue weighted by Crippen LogP contribution is -2.34. The minimum Gasteiger partial charge on any atom is -0.337 e. The number of nitrogens with zero attached hydrogens (tertiary/aromatic N) is 2. The first-order valence-corrected chi connectivity index (χ1v) is 6.41. The zero-order valence-corrected chi connectivity index (χ0v) is 12.2. The zero-order valence-electron chi connectivity index (χ0n) is 10.7. The molecule has 6 nitrogen and oxygen atoms in total. The van der Waals surface area contributed by atoms with Crippen molar-refractivity contribution in [3.05, 3.63) is 38.9 Å². The van der Waals surface area contributed by atoms with Crippen molar-refractivity contribution in [1.29, 1.82) is 0 Å². The molecular formula is C12H15Cl2N3O3. The van der Waals surface area contributed by atoms with E-state index in [1.807, 2.05) is 0 Å². The third-order valence-electron chi connectivity index (χ3n) is 2.97. The fourth-order valence-corrected chi connectivity index (χ4v) is 2.26. The van der Waals surface area contributed by atoms with Crippen LogP contribution in [0, 0.1) is 10.1 Å². The number of benzene rings is 1. The van der Waals surface area contributed by atoms with E-state index < -0.39 is 4.92 Å². The van der Waals surface area contributed by atoms with E-state index in [0.29, 0.717) is 13.1 Å². The number of hydrogen-bond acceptors (Lipinski definition) is 4. The van der Waals surface area contributed by atoms with E-state index >= 15 is 0 Å². The van der Waals surface area contributed by atoms with Crippen LogP contribution in [0.1, 0.15) is 16.8 Å². The van der Waals surface area contributed by atoms with Crippen LogP contribution in [0.4, 0.5) is 5.69 Å². The van der Waals surface area contributed by atoms with Crippen LogP contribution in [0.3, 0.4) is 0 Å². The molecule has 1 fully saturated rings. The maximum Gasteiger partial charge on any atom is 0.271 e. The molecule has 0 saturated carbocycles. The van der Waals surface area contributed by atoms with Crippen LogP contribution < -0.4 is 5.32 Å². The molecule has 20 heavy (non-hydrogen) atoms. The zero-order chi connectivity index (χ0) is 13.8. The van der Waals surface area contributed by atoms with Gasteiger partial charge in [0.2, 0.25) is 0 Å². The molecule has 0 aliphatic carbocycles. The molecule has 0 atom stereocenters. The topological polar surface area (TPSA) is 75.5 Å². The van der Waals surface area contributed by atoms with Crippen LogP contribution in [-0.2, 0) is 0 Å². The van der Waals surface area contributed by atoms with Gasteiger partial charge in [0, 0.05) is 42.4 Å². The van der Waals surface area contributed by atoms with Crippen molar-refractivity contribution in [3.8, 4) is 0 Å². The Labute approximate surface area is 127 Å². The number of non-ortho nitro benzene ring substituents is 1. The smallest absolute Gasteiger partial charge is 0.271 e. The first kappa shape index (κ1) is 16.7. The number of halogens is 2. The van der Waals surface area contributed by atoms with Gasteiger partial charge >= 0.3 is 0 Å². The highest BCUT2D eigenvalue weighted by atomic mass is 35.5. The number of carbonyl (C=O) groups is 1. The second-order valence-corrected chi connectivity index (χ2v) is 4.79. The standard InChI is InChI=1S/C12H14ClN3O3.ClH/c13-10-6-9(7-11(8-10)16(18)19)12(17)15-4-1-2-14-3-5-15;/h6-8,14H,1-5H2;1H. The molecule has 0 radical (unpaired) electrons. The number of nitrogens with one attached hydrogen (secondary N) is 1. The molecule has 1 heterocycles. The Kier molecular flexibility index (Phi) is 6.19. The number of nitro groups is 1. The first-order valence-electron chi connectivity index (χ1n) is 6.03. The summed E-state index contributed by atoms with van der Waals surface area (Å²) in [6.45, 7) is 2.85. The van der Waals surface area contributed by atoms with E-state index in [1.165, 1.54) is 18.2 Å². The van der Waals surface area contributed by atoms with E-state index in [1.54, 1.807) is 4.90 Å². The summed E-state index contributed by atoms with van der Waals surface area (Å²) in [4.78, 5) is 24.2. The Bertz CT molecular complexity index is 503. The number of amides is 1. The summed E-state index contributed by atoms with van der Waals surface area (Å²) in [5.41, 5.74) is 0.102. The predicted molar refractivity (Wildman–Crippen MR) is 78.7 cm³/mol. The van der Waals surface area contributed by atoms with Crippen molar-refractivity contribution in [1.82, 2.24) is 10.2 Å². The van der Waals surface area contributed by atoms with Crippen molar-refractivity contribution in [2.45, 2.75) is 6.42 Å². The minimum absolute atomic E-state index is 0. The fraction of sp³-hybridized carbons (Fsp3) is 0.417. The molecule has 1 aromatic rings. The molecule has 1 saturated heterocycles. The molecule has 1 aliphatic rings. The van der Waals surface area contributed by atoms with Crippen molar-refractivity contribution >= 4 is 35.6 Å². The van der Waals surface area contributed by atoms with Crippen LogP contribution in [-0.4, -0.2) is 41.9 Å². The molecule has 0 spiro atoms. The van der Waals surface area contributed by atoms with Gasteiger partial charge in [0.1, 0.15) is 0 Å². The Balaban J connectivity index is 0.00000200. The van der Waals surface area contributed by atoms with Crippen LogP contribution in [0.15, 0.2) is 18.2 Å². The molecule has 1 amide bonds. The quantitative estimate of drug-likeness (QED) is 0.669. The number of carbonyl (C=O) groups excluding carboxylic acids is 1. The van der Waals surface area contributed by atoms with Crippen LogP contribution in [0.5, 0.6) is 0 Å². The summed E-state index contributed by atoms with van der Waals surface area (Å²) in [6, 6.07) is 3.98. The summed E-state index contributed by atoms with van der Waals surface area (Å²) in [7, 11) is 0. The Morgan fingerprint density at radius 2 is 2.05 bits per heavy atom. The highest BCUT2D eigenvalue weighted by Gasteiger charge is 2.20. The average molecular weight is 320 g/mol. The molecule has 1 aromatic carbocycles. The third kappa shape index (κ3) is 4.06.